The molecule has 0 atom stereocenters. The van der Waals surface area contributed by atoms with Crippen molar-refractivity contribution in [3.8, 4) is 17.0 Å². The summed E-state index contributed by atoms with van der Waals surface area (Å²) < 4.78 is 5.60. The number of para-hydroxylation sites is 1. The summed E-state index contributed by atoms with van der Waals surface area (Å²) in [5.74, 6) is 0.321. The van der Waals surface area contributed by atoms with Crippen molar-refractivity contribution in [1.82, 2.24) is 4.98 Å². The fourth-order valence-corrected chi connectivity index (χ4v) is 3.22. The number of carbonyl (C=O) groups is 1. The van der Waals surface area contributed by atoms with E-state index in [9.17, 15) is 14.9 Å². The third-order valence-electron chi connectivity index (χ3n) is 3.82. The van der Waals surface area contributed by atoms with Crippen LogP contribution in [0.2, 0.25) is 0 Å². The van der Waals surface area contributed by atoms with Gasteiger partial charge >= 0.3 is 0 Å². The number of non-ortho nitro benzene ring substituents is 1. The maximum atomic E-state index is 12.2. The van der Waals surface area contributed by atoms with Crippen molar-refractivity contribution in [2.45, 2.75) is 6.42 Å². The number of aromatic nitrogens is 1. The summed E-state index contributed by atoms with van der Waals surface area (Å²) in [7, 11) is 0. The van der Waals surface area contributed by atoms with Crippen LogP contribution in [-0.4, -0.2) is 22.4 Å². The Bertz CT molecular complexity index is 999. The molecule has 2 aromatic carbocycles. The average molecular weight is 395 g/mol. The van der Waals surface area contributed by atoms with Crippen molar-refractivity contribution >= 4 is 28.1 Å². The van der Waals surface area contributed by atoms with Gasteiger partial charge in [-0.05, 0) is 30.2 Å². The summed E-state index contributed by atoms with van der Waals surface area (Å²) in [6.45, 7) is 3.58. The molecule has 142 valence electrons. The molecule has 0 radical (unpaired) electrons. The molecule has 1 N–H and O–H groups in total. The number of nitrogens with one attached hydrogen (secondary N) is 1. The van der Waals surface area contributed by atoms with Crippen LogP contribution in [0.1, 0.15) is 5.56 Å². The fraction of sp³-hybridized carbons (Fsp3) is 0.100. The minimum Gasteiger partial charge on any atom is -0.483 e. The monoisotopic (exact) mass is 395 g/mol. The topological polar surface area (TPSA) is 94.4 Å². The zero-order chi connectivity index (χ0) is 19.9. The van der Waals surface area contributed by atoms with Gasteiger partial charge in [0.15, 0.2) is 11.7 Å². The number of allylic oxidation sites excluding steroid dienone is 1. The Balaban J connectivity index is 1.60. The van der Waals surface area contributed by atoms with E-state index in [1.807, 2.05) is 24.3 Å². The highest BCUT2D eigenvalue weighted by Crippen LogP contribution is 2.26. The van der Waals surface area contributed by atoms with Crippen molar-refractivity contribution in [2.24, 2.45) is 0 Å². The minimum absolute atomic E-state index is 0.0152. The first-order valence-corrected chi connectivity index (χ1v) is 9.26. The molecule has 1 heterocycles. The van der Waals surface area contributed by atoms with Gasteiger partial charge < -0.3 is 4.74 Å². The number of nitro benzene ring substituents is 1. The first-order chi connectivity index (χ1) is 13.6. The van der Waals surface area contributed by atoms with Crippen molar-refractivity contribution in [3.05, 3.63) is 82.2 Å². The van der Waals surface area contributed by atoms with Crippen LogP contribution in [0.5, 0.6) is 5.75 Å². The van der Waals surface area contributed by atoms with Crippen LogP contribution in [0.3, 0.4) is 0 Å². The number of hydrogen-bond donors (Lipinski definition) is 1. The summed E-state index contributed by atoms with van der Waals surface area (Å²) in [5.41, 5.74) is 2.34. The Hall–Kier alpha value is -3.52. The van der Waals surface area contributed by atoms with Crippen molar-refractivity contribution in [3.63, 3.8) is 0 Å². The van der Waals surface area contributed by atoms with Crippen molar-refractivity contribution in [1.29, 1.82) is 0 Å². The highest BCUT2D eigenvalue weighted by Gasteiger charge is 2.11. The van der Waals surface area contributed by atoms with Gasteiger partial charge in [-0.1, -0.05) is 24.3 Å². The molecule has 8 heteroatoms. The molecule has 3 rings (SSSR count). The lowest BCUT2D eigenvalue weighted by molar-refractivity contribution is -0.384. The van der Waals surface area contributed by atoms with E-state index in [0.29, 0.717) is 23.0 Å². The molecule has 3 aromatic rings. The van der Waals surface area contributed by atoms with Gasteiger partial charge in [0, 0.05) is 23.1 Å². The summed E-state index contributed by atoms with van der Waals surface area (Å²) in [6, 6.07) is 13.6. The summed E-state index contributed by atoms with van der Waals surface area (Å²) >= 11 is 1.27. The van der Waals surface area contributed by atoms with E-state index < -0.39 is 4.92 Å². The molecule has 0 bridgehead atoms. The largest absolute Gasteiger partial charge is 0.483 e. The number of rotatable bonds is 8. The van der Waals surface area contributed by atoms with Gasteiger partial charge in [0.05, 0.1) is 10.6 Å². The number of thiazole rings is 1. The minimum atomic E-state index is -0.455. The molecule has 28 heavy (non-hydrogen) atoms. The Labute approximate surface area is 165 Å². The number of nitro groups is 1. The molecule has 0 aliphatic heterocycles. The maximum absolute atomic E-state index is 12.2. The maximum Gasteiger partial charge on any atom is 0.269 e. The van der Waals surface area contributed by atoms with Crippen LogP contribution >= 0.6 is 11.3 Å². The average Bonchev–Trinajstić information content (AvgIpc) is 3.16. The predicted octanol–water partition coefficient (Wildman–Crippen LogP) is 4.46. The van der Waals surface area contributed by atoms with Gasteiger partial charge in [-0.2, -0.15) is 0 Å². The second-order valence-corrected chi connectivity index (χ2v) is 6.64. The summed E-state index contributed by atoms with van der Waals surface area (Å²) in [5, 5.41) is 15.6. The van der Waals surface area contributed by atoms with Crippen LogP contribution in [-0.2, 0) is 11.2 Å². The van der Waals surface area contributed by atoms with E-state index in [1.165, 1.54) is 23.5 Å². The molecule has 1 aromatic heterocycles. The fourth-order valence-electron chi connectivity index (χ4n) is 2.49. The van der Waals surface area contributed by atoms with Crippen LogP contribution in [0.15, 0.2) is 66.6 Å². The summed E-state index contributed by atoms with van der Waals surface area (Å²) in [4.78, 5) is 26.8. The third-order valence-corrected chi connectivity index (χ3v) is 4.58. The third kappa shape index (κ3) is 4.80. The number of nitrogens with zero attached hydrogens (tertiary/aromatic N) is 2. The van der Waals surface area contributed by atoms with E-state index in [-0.39, 0.29) is 18.2 Å². The lowest BCUT2D eigenvalue weighted by Gasteiger charge is -2.09. The first kappa shape index (κ1) is 19.2. The Kier molecular flexibility index (Phi) is 6.13. The molecule has 0 unspecified atom stereocenters. The smallest absolute Gasteiger partial charge is 0.269 e. The molecule has 7 nitrogen and oxygen atoms in total. The number of carbonyl (C=O) groups excluding carboxylic acids is 1. The van der Waals surface area contributed by atoms with E-state index in [1.54, 1.807) is 23.6 Å². The molecule has 1 amide bonds. The van der Waals surface area contributed by atoms with Gasteiger partial charge in [0.1, 0.15) is 5.75 Å². The normalized spacial score (nSPS) is 10.3. The number of ether oxygens (including phenoxy) is 1. The molecule has 0 fully saturated rings. The van der Waals surface area contributed by atoms with Gasteiger partial charge in [-0.3, -0.25) is 20.2 Å². The van der Waals surface area contributed by atoms with Crippen LogP contribution < -0.4 is 10.1 Å². The highest BCUT2D eigenvalue weighted by atomic mass is 32.1. The van der Waals surface area contributed by atoms with Crippen molar-refractivity contribution < 1.29 is 14.5 Å². The predicted molar refractivity (Wildman–Crippen MR) is 109 cm³/mol. The number of amides is 1. The first-order valence-electron chi connectivity index (χ1n) is 8.38. The number of benzene rings is 2. The standard InChI is InChI=1S/C20H17N3O4S/c1-2-5-15-6-3-4-7-18(15)27-12-19(24)22-20-21-17(13-28-20)14-8-10-16(11-9-14)23(25)26/h2-4,6-11,13H,1,5,12H2,(H,21,22,24). The van der Waals surface area contributed by atoms with Crippen LogP contribution in [0.25, 0.3) is 11.3 Å². The molecule has 0 spiro atoms. The van der Waals surface area contributed by atoms with E-state index in [2.05, 4.69) is 16.9 Å². The highest BCUT2D eigenvalue weighted by molar-refractivity contribution is 7.14. The molecular weight excluding hydrogens is 378 g/mol. The molecule has 0 saturated carbocycles. The molecule has 0 saturated heterocycles. The van der Waals surface area contributed by atoms with Gasteiger partial charge in [-0.15, -0.1) is 17.9 Å². The molecule has 0 aliphatic rings. The van der Waals surface area contributed by atoms with Gasteiger partial charge in [0.2, 0.25) is 0 Å². The Morgan fingerprint density at radius 2 is 2.00 bits per heavy atom. The van der Waals surface area contributed by atoms with Gasteiger partial charge in [-0.25, -0.2) is 4.98 Å². The lowest BCUT2D eigenvalue weighted by Crippen LogP contribution is -2.20. The number of anilines is 1. The quantitative estimate of drug-likeness (QED) is 0.345. The van der Waals surface area contributed by atoms with E-state index in [0.717, 1.165) is 11.1 Å². The second kappa shape index (κ2) is 8.92. The van der Waals surface area contributed by atoms with E-state index >= 15 is 0 Å². The van der Waals surface area contributed by atoms with Crippen LogP contribution in [0, 0.1) is 10.1 Å². The SMILES string of the molecule is C=CCc1ccccc1OCC(=O)Nc1nc(-c2ccc([N+](=O)[O-])cc2)cs1. The zero-order valence-electron chi connectivity index (χ0n) is 14.8. The summed E-state index contributed by atoms with van der Waals surface area (Å²) in [6.07, 6.45) is 2.43. The van der Waals surface area contributed by atoms with Crippen molar-refractivity contribution in [2.75, 3.05) is 11.9 Å². The van der Waals surface area contributed by atoms with Crippen LogP contribution in [0.4, 0.5) is 10.8 Å². The Morgan fingerprint density at radius 1 is 1.25 bits per heavy atom. The van der Waals surface area contributed by atoms with E-state index in [4.69, 9.17) is 4.74 Å². The zero-order valence-corrected chi connectivity index (χ0v) is 15.6. The lowest BCUT2D eigenvalue weighted by atomic mass is 10.1. The number of hydrogen-bond acceptors (Lipinski definition) is 6. The van der Waals surface area contributed by atoms with Gasteiger partial charge in [0.25, 0.3) is 11.6 Å². The molecular formula is C20H17N3O4S. The second-order valence-electron chi connectivity index (χ2n) is 5.78. The Morgan fingerprint density at radius 3 is 2.71 bits per heavy atom. The molecule has 0 aliphatic carbocycles.